The van der Waals surface area contributed by atoms with Gasteiger partial charge >= 0.3 is 0 Å². The summed E-state index contributed by atoms with van der Waals surface area (Å²) in [5.74, 6) is 0.395. The molecule has 0 saturated carbocycles. The van der Waals surface area contributed by atoms with Crippen LogP contribution in [0.2, 0.25) is 0 Å². The highest BCUT2D eigenvalue weighted by molar-refractivity contribution is 5.97. The summed E-state index contributed by atoms with van der Waals surface area (Å²) < 4.78 is 1.88. The number of rotatable bonds is 1. The van der Waals surface area contributed by atoms with E-state index in [1.165, 1.54) is 5.56 Å². The molecule has 2 nitrogen and oxygen atoms in total. The molecule has 3 aromatic rings. The van der Waals surface area contributed by atoms with E-state index in [4.69, 9.17) is 0 Å². The minimum Gasteiger partial charge on any atom is -0.284 e. The van der Waals surface area contributed by atoms with Crippen LogP contribution >= 0.6 is 0 Å². The quantitative estimate of drug-likeness (QED) is 0.640. The number of nitrogens with zero attached hydrogens (tertiary/aromatic N) is 1. The van der Waals surface area contributed by atoms with Gasteiger partial charge in [-0.25, -0.2) is 0 Å². The zero-order valence-electron chi connectivity index (χ0n) is 10.4. The van der Waals surface area contributed by atoms with Gasteiger partial charge in [-0.05, 0) is 17.7 Å². The van der Waals surface area contributed by atoms with Gasteiger partial charge in [0.2, 0.25) is 5.91 Å². The van der Waals surface area contributed by atoms with Gasteiger partial charge in [0.05, 0.1) is 5.52 Å². The highest BCUT2D eigenvalue weighted by atomic mass is 16.2. The maximum absolute atomic E-state index is 12.3. The number of benzene rings is 2. The van der Waals surface area contributed by atoms with Crippen LogP contribution < -0.4 is 0 Å². The third kappa shape index (κ3) is 1.46. The second-order valence-electron chi connectivity index (χ2n) is 5.02. The van der Waals surface area contributed by atoms with Crippen molar-refractivity contribution in [2.45, 2.75) is 12.3 Å². The predicted molar refractivity (Wildman–Crippen MR) is 75.5 cm³/mol. The number of para-hydroxylation sites is 1. The Morgan fingerprint density at radius 1 is 0.947 bits per heavy atom. The van der Waals surface area contributed by atoms with Gasteiger partial charge in [-0.2, -0.15) is 0 Å². The second kappa shape index (κ2) is 3.82. The van der Waals surface area contributed by atoms with Crippen molar-refractivity contribution in [2.75, 3.05) is 0 Å². The van der Waals surface area contributed by atoms with Crippen molar-refractivity contribution in [3.05, 3.63) is 71.9 Å². The molecule has 0 N–H and O–H groups in total. The molecule has 0 amide bonds. The number of fused-ring (bicyclic) bond motifs is 3. The molecule has 1 atom stereocenters. The van der Waals surface area contributed by atoms with Crippen LogP contribution in [-0.2, 0) is 0 Å². The normalized spacial score (nSPS) is 17.9. The summed E-state index contributed by atoms with van der Waals surface area (Å²) in [5, 5.41) is 1.14. The fourth-order valence-electron chi connectivity index (χ4n) is 3.06. The van der Waals surface area contributed by atoms with Gasteiger partial charge < -0.3 is 0 Å². The Hall–Kier alpha value is -2.35. The molecule has 0 unspecified atom stereocenters. The highest BCUT2D eigenvalue weighted by Gasteiger charge is 2.31. The summed E-state index contributed by atoms with van der Waals surface area (Å²) in [6.07, 6.45) is 0.574. The number of aromatic nitrogens is 1. The lowest BCUT2D eigenvalue weighted by molar-refractivity contribution is 0.0926. The van der Waals surface area contributed by atoms with E-state index in [0.717, 1.165) is 16.6 Å². The molecule has 1 aromatic heterocycles. The molecule has 2 heteroatoms. The van der Waals surface area contributed by atoms with E-state index in [2.05, 4.69) is 24.3 Å². The largest absolute Gasteiger partial charge is 0.284 e. The molecule has 19 heavy (non-hydrogen) atoms. The van der Waals surface area contributed by atoms with Crippen LogP contribution in [0.1, 0.15) is 28.4 Å². The Labute approximate surface area is 111 Å². The zero-order chi connectivity index (χ0) is 12.8. The molecule has 92 valence electrons. The SMILES string of the molecule is O=C1C[C@H](c2ccccc2)c2cc3ccccc3n21. The van der Waals surface area contributed by atoms with Crippen molar-refractivity contribution in [3.8, 4) is 0 Å². The summed E-state index contributed by atoms with van der Waals surface area (Å²) in [6.45, 7) is 0. The fourth-order valence-corrected chi connectivity index (χ4v) is 3.06. The van der Waals surface area contributed by atoms with E-state index >= 15 is 0 Å². The van der Waals surface area contributed by atoms with E-state index in [1.807, 2.05) is 41.0 Å². The fraction of sp³-hybridized carbons (Fsp3) is 0.118. The molecule has 0 bridgehead atoms. The lowest BCUT2D eigenvalue weighted by atomic mass is 9.95. The molecule has 0 saturated heterocycles. The first kappa shape index (κ1) is 10.6. The first-order chi connectivity index (χ1) is 9.34. The third-order valence-corrected chi connectivity index (χ3v) is 3.93. The van der Waals surface area contributed by atoms with Crippen LogP contribution in [0, 0.1) is 0 Å². The van der Waals surface area contributed by atoms with Gasteiger partial charge in [0, 0.05) is 23.4 Å². The van der Waals surface area contributed by atoms with Crippen molar-refractivity contribution in [3.63, 3.8) is 0 Å². The Balaban J connectivity index is 1.96. The molecule has 4 rings (SSSR count). The van der Waals surface area contributed by atoms with Crippen molar-refractivity contribution in [2.24, 2.45) is 0 Å². The maximum Gasteiger partial charge on any atom is 0.232 e. The molecular formula is C17H13NO. The van der Waals surface area contributed by atoms with Crippen molar-refractivity contribution < 1.29 is 4.79 Å². The van der Waals surface area contributed by atoms with Gasteiger partial charge in [-0.15, -0.1) is 0 Å². The maximum atomic E-state index is 12.3. The van der Waals surface area contributed by atoms with E-state index < -0.39 is 0 Å². The molecule has 1 aliphatic rings. The molecule has 1 aliphatic heterocycles. The van der Waals surface area contributed by atoms with E-state index in [9.17, 15) is 4.79 Å². The molecule has 2 heterocycles. The van der Waals surface area contributed by atoms with Gasteiger partial charge in [0.1, 0.15) is 0 Å². The smallest absolute Gasteiger partial charge is 0.232 e. The average molecular weight is 247 g/mol. The van der Waals surface area contributed by atoms with Crippen molar-refractivity contribution >= 4 is 16.8 Å². The first-order valence-electron chi connectivity index (χ1n) is 6.53. The summed E-state index contributed by atoms with van der Waals surface area (Å²) in [6, 6.07) is 20.5. The number of hydrogen-bond donors (Lipinski definition) is 0. The van der Waals surface area contributed by atoms with E-state index in [-0.39, 0.29) is 11.8 Å². The van der Waals surface area contributed by atoms with Crippen LogP contribution in [0.5, 0.6) is 0 Å². The van der Waals surface area contributed by atoms with Crippen LogP contribution in [0.4, 0.5) is 0 Å². The summed E-state index contributed by atoms with van der Waals surface area (Å²) in [7, 11) is 0. The molecule has 0 spiro atoms. The monoisotopic (exact) mass is 247 g/mol. The Kier molecular flexibility index (Phi) is 2.12. The second-order valence-corrected chi connectivity index (χ2v) is 5.02. The molecule has 0 fully saturated rings. The van der Waals surface area contributed by atoms with Crippen LogP contribution in [-0.4, -0.2) is 10.5 Å². The van der Waals surface area contributed by atoms with Gasteiger partial charge in [-0.3, -0.25) is 9.36 Å². The summed E-state index contributed by atoms with van der Waals surface area (Å²) in [5.41, 5.74) is 3.37. The van der Waals surface area contributed by atoms with Gasteiger partial charge in [0.15, 0.2) is 0 Å². The van der Waals surface area contributed by atoms with E-state index in [0.29, 0.717) is 6.42 Å². The minimum absolute atomic E-state index is 0.195. The first-order valence-corrected chi connectivity index (χ1v) is 6.53. The lowest BCUT2D eigenvalue weighted by Gasteiger charge is -2.07. The minimum atomic E-state index is 0.195. The van der Waals surface area contributed by atoms with Crippen LogP contribution in [0.25, 0.3) is 10.9 Å². The Morgan fingerprint density at radius 3 is 2.53 bits per heavy atom. The van der Waals surface area contributed by atoms with Crippen LogP contribution in [0.15, 0.2) is 60.7 Å². The topological polar surface area (TPSA) is 22.0 Å². The lowest BCUT2D eigenvalue weighted by Crippen LogP contribution is -2.02. The summed E-state index contributed by atoms with van der Waals surface area (Å²) >= 11 is 0. The molecule has 0 aliphatic carbocycles. The number of hydrogen-bond acceptors (Lipinski definition) is 1. The third-order valence-electron chi connectivity index (χ3n) is 3.93. The van der Waals surface area contributed by atoms with Crippen molar-refractivity contribution in [1.82, 2.24) is 4.57 Å². The van der Waals surface area contributed by atoms with Crippen molar-refractivity contribution in [1.29, 1.82) is 0 Å². The molecular weight excluding hydrogens is 234 g/mol. The molecule has 0 radical (unpaired) electrons. The van der Waals surface area contributed by atoms with Gasteiger partial charge in [-0.1, -0.05) is 48.5 Å². The highest BCUT2D eigenvalue weighted by Crippen LogP contribution is 2.38. The number of carbonyl (C=O) groups is 1. The average Bonchev–Trinajstić information content (AvgIpc) is 2.98. The number of carbonyl (C=O) groups excluding carboxylic acids is 1. The zero-order valence-corrected chi connectivity index (χ0v) is 10.4. The summed E-state index contributed by atoms with van der Waals surface area (Å²) in [4.78, 5) is 12.3. The molecule has 2 aromatic carbocycles. The Morgan fingerprint density at radius 2 is 1.68 bits per heavy atom. The van der Waals surface area contributed by atoms with E-state index in [1.54, 1.807) is 0 Å². The standard InChI is InChI=1S/C17H13NO/c19-17-11-14(12-6-2-1-3-7-12)16-10-13-8-4-5-9-15(13)18(16)17/h1-10,14H,11H2/t14-/m1/s1. The Bertz CT molecular complexity index is 770. The van der Waals surface area contributed by atoms with Gasteiger partial charge in [0.25, 0.3) is 0 Å². The predicted octanol–water partition coefficient (Wildman–Crippen LogP) is 3.82. The van der Waals surface area contributed by atoms with Crippen LogP contribution in [0.3, 0.4) is 0 Å².